The Morgan fingerprint density at radius 2 is 1.78 bits per heavy atom. The van der Waals surface area contributed by atoms with Gasteiger partial charge in [0.1, 0.15) is 12.4 Å². The molecule has 3 aromatic carbocycles. The molecule has 4 N–H and O–H groups in total. The smallest absolute Gasteiger partial charge is 0.488 e. The Balaban J connectivity index is 1.38. The number of nitrogens with zero attached hydrogens (tertiary/aromatic N) is 1. The Hall–Kier alpha value is -3.96. The number of carbonyl (C=O) groups is 2. The standard InChI is InChI=1S/C29H26B2FNO8/c32-23-12-16(9-10-24(23)34)25-14-21-26-22(28(35)33(29(26)36)19-6-4-5-18(13-19)30(37)38)11-17(27(21)31(39)41-25)15-40-20-7-2-1-3-8-20/h1-10,12-13,21-22,25-26,34,37-39H,11,14-15H2/t21-,22-,25-,26+/m0/s1. The molecule has 9 nitrogen and oxygen atoms in total. The molecule has 0 radical (unpaired) electrons. The van der Waals surface area contributed by atoms with Gasteiger partial charge in [0.15, 0.2) is 11.6 Å². The molecule has 2 aliphatic heterocycles. The molecule has 0 saturated carbocycles. The molecule has 2 heterocycles. The summed E-state index contributed by atoms with van der Waals surface area (Å²) < 4.78 is 26.1. The first-order chi connectivity index (χ1) is 19.7. The van der Waals surface area contributed by atoms with Crippen LogP contribution in [0.1, 0.15) is 24.5 Å². The third-order valence-electron chi connectivity index (χ3n) is 8.14. The summed E-state index contributed by atoms with van der Waals surface area (Å²) in [6.07, 6.45) is -0.478. The summed E-state index contributed by atoms with van der Waals surface area (Å²) in [5.41, 5.74) is 1.84. The van der Waals surface area contributed by atoms with Crippen LogP contribution in [0.25, 0.3) is 0 Å². The molecular weight excluding hydrogens is 531 g/mol. The molecule has 2 amide bonds. The number of halogens is 1. The van der Waals surface area contributed by atoms with Crippen LogP contribution in [0.2, 0.25) is 0 Å². The van der Waals surface area contributed by atoms with Crippen molar-refractivity contribution in [2.24, 2.45) is 17.8 Å². The minimum atomic E-state index is -1.78. The predicted molar refractivity (Wildman–Crippen MR) is 147 cm³/mol. The van der Waals surface area contributed by atoms with Gasteiger partial charge in [-0.05, 0) is 77.2 Å². The fourth-order valence-electron chi connectivity index (χ4n) is 6.25. The van der Waals surface area contributed by atoms with E-state index in [4.69, 9.17) is 9.39 Å². The van der Waals surface area contributed by atoms with E-state index >= 15 is 0 Å². The van der Waals surface area contributed by atoms with Gasteiger partial charge in [0, 0.05) is 0 Å². The maximum atomic E-state index is 14.2. The van der Waals surface area contributed by atoms with E-state index in [1.807, 2.05) is 18.2 Å². The number of benzene rings is 3. The summed E-state index contributed by atoms with van der Waals surface area (Å²) in [5, 5.41) is 40.2. The molecule has 208 valence electrons. The second-order valence-corrected chi connectivity index (χ2v) is 10.5. The number of fused-ring (bicyclic) bond motifs is 3. The fraction of sp³-hybridized carbons (Fsp3) is 0.241. The van der Waals surface area contributed by atoms with Crippen LogP contribution in [0.4, 0.5) is 10.1 Å². The summed E-state index contributed by atoms with van der Waals surface area (Å²) in [6.45, 7) is 0.0612. The Labute approximate surface area is 235 Å². The van der Waals surface area contributed by atoms with Crippen LogP contribution in [0.3, 0.4) is 0 Å². The van der Waals surface area contributed by atoms with Gasteiger partial charge in [-0.25, -0.2) is 4.39 Å². The number of hydrogen-bond acceptors (Lipinski definition) is 8. The normalized spacial score (nSPS) is 23.9. The summed E-state index contributed by atoms with van der Waals surface area (Å²) in [4.78, 5) is 28.8. The van der Waals surface area contributed by atoms with Crippen LogP contribution in [0.15, 0.2) is 83.8 Å². The minimum Gasteiger partial charge on any atom is -0.505 e. The lowest BCUT2D eigenvalue weighted by molar-refractivity contribution is -0.123. The first-order valence-corrected chi connectivity index (χ1v) is 13.3. The lowest BCUT2D eigenvalue weighted by Gasteiger charge is -2.42. The number of imide groups is 1. The van der Waals surface area contributed by atoms with E-state index in [0.717, 1.165) is 11.0 Å². The quantitative estimate of drug-likeness (QED) is 0.267. The van der Waals surface area contributed by atoms with Gasteiger partial charge in [-0.2, -0.15) is 0 Å². The highest BCUT2D eigenvalue weighted by Gasteiger charge is 2.58. The highest BCUT2D eigenvalue weighted by atomic mass is 19.1. The lowest BCUT2D eigenvalue weighted by atomic mass is 9.55. The summed E-state index contributed by atoms with van der Waals surface area (Å²) >= 11 is 0. The van der Waals surface area contributed by atoms with E-state index in [-0.39, 0.29) is 30.6 Å². The molecule has 0 spiro atoms. The number of aromatic hydroxyl groups is 1. The minimum absolute atomic E-state index is 0.0612. The van der Waals surface area contributed by atoms with Crippen LogP contribution < -0.4 is 15.1 Å². The number of para-hydroxylation sites is 1. The molecular formula is C29H26B2FNO8. The Bertz CT molecular complexity index is 1530. The molecule has 3 aromatic rings. The van der Waals surface area contributed by atoms with Crippen molar-refractivity contribution in [3.8, 4) is 11.5 Å². The average Bonchev–Trinajstić information content (AvgIpc) is 3.22. The van der Waals surface area contributed by atoms with E-state index in [2.05, 4.69) is 0 Å². The number of phenolic OH excluding ortho intramolecular Hbond substituents is 1. The van der Waals surface area contributed by atoms with Crippen molar-refractivity contribution in [3.05, 3.63) is 95.2 Å². The fourth-order valence-corrected chi connectivity index (χ4v) is 6.25. The van der Waals surface area contributed by atoms with Crippen LogP contribution in [0.5, 0.6) is 11.5 Å². The third-order valence-corrected chi connectivity index (χ3v) is 8.14. The van der Waals surface area contributed by atoms with Gasteiger partial charge in [-0.15, -0.1) is 0 Å². The van der Waals surface area contributed by atoms with Gasteiger partial charge in [0.25, 0.3) is 0 Å². The van der Waals surface area contributed by atoms with Gasteiger partial charge < -0.3 is 29.6 Å². The van der Waals surface area contributed by atoms with Crippen LogP contribution in [0, 0.1) is 23.6 Å². The van der Waals surface area contributed by atoms with Gasteiger partial charge in [-0.1, -0.05) is 36.4 Å². The number of carbonyl (C=O) groups excluding carboxylic acids is 2. The Morgan fingerprint density at radius 1 is 1.00 bits per heavy atom. The summed E-state index contributed by atoms with van der Waals surface area (Å²) in [5.74, 6) is -3.89. The van der Waals surface area contributed by atoms with E-state index in [0.29, 0.717) is 22.4 Å². The monoisotopic (exact) mass is 557 g/mol. The SMILES string of the molecule is O=C1[C@H]2[C@H](CC(COc3ccccc3)=C3B(O)O[C@H](c4ccc(O)c(F)c4)C[C@H]32)C(=O)N1c1cccc(B(O)O)c1. The lowest BCUT2D eigenvalue weighted by Crippen LogP contribution is -2.45. The number of hydrogen-bond donors (Lipinski definition) is 4. The molecule has 0 bridgehead atoms. The predicted octanol–water partition coefficient (Wildman–Crippen LogP) is 1.89. The van der Waals surface area contributed by atoms with Crippen LogP contribution in [-0.4, -0.2) is 52.8 Å². The van der Waals surface area contributed by atoms with Crippen molar-refractivity contribution in [3.63, 3.8) is 0 Å². The average molecular weight is 557 g/mol. The maximum Gasteiger partial charge on any atom is 0.488 e. The van der Waals surface area contributed by atoms with Crippen molar-refractivity contribution in [2.45, 2.75) is 18.9 Å². The molecule has 4 atom stereocenters. The van der Waals surface area contributed by atoms with E-state index in [1.54, 1.807) is 18.2 Å². The summed E-state index contributed by atoms with van der Waals surface area (Å²) in [7, 11) is -3.21. The molecule has 3 aliphatic rings. The van der Waals surface area contributed by atoms with Gasteiger partial charge in [0.2, 0.25) is 11.8 Å². The molecule has 1 aliphatic carbocycles. The molecule has 2 fully saturated rings. The first kappa shape index (κ1) is 27.2. The molecule has 41 heavy (non-hydrogen) atoms. The molecule has 0 unspecified atom stereocenters. The largest absolute Gasteiger partial charge is 0.505 e. The molecule has 6 rings (SSSR count). The van der Waals surface area contributed by atoms with Gasteiger partial charge in [0.05, 0.1) is 23.6 Å². The topological polar surface area (TPSA) is 137 Å². The van der Waals surface area contributed by atoms with Crippen molar-refractivity contribution >= 4 is 37.2 Å². The second-order valence-electron chi connectivity index (χ2n) is 10.5. The summed E-state index contributed by atoms with van der Waals surface area (Å²) in [6, 6.07) is 18.8. The van der Waals surface area contributed by atoms with Gasteiger partial charge >= 0.3 is 14.2 Å². The zero-order chi connectivity index (χ0) is 28.8. The molecule has 2 saturated heterocycles. The van der Waals surface area contributed by atoms with E-state index in [9.17, 15) is 34.2 Å². The number of anilines is 1. The van der Waals surface area contributed by atoms with E-state index in [1.165, 1.54) is 30.3 Å². The number of phenols is 1. The Kier molecular flexibility index (Phi) is 7.16. The first-order valence-electron chi connectivity index (χ1n) is 13.3. The highest BCUT2D eigenvalue weighted by molar-refractivity contribution is 6.58. The van der Waals surface area contributed by atoms with Crippen molar-refractivity contribution < 1.29 is 43.5 Å². The zero-order valence-electron chi connectivity index (χ0n) is 21.8. The number of ether oxygens (including phenoxy) is 1. The van der Waals surface area contributed by atoms with Crippen molar-refractivity contribution in [2.75, 3.05) is 11.5 Å². The number of allylic oxidation sites excluding steroid dienone is 1. The molecule has 12 heteroatoms. The second kappa shape index (κ2) is 10.8. The number of rotatable bonds is 6. The Morgan fingerprint density at radius 3 is 2.51 bits per heavy atom. The zero-order valence-corrected chi connectivity index (χ0v) is 21.8. The van der Waals surface area contributed by atoms with Crippen molar-refractivity contribution in [1.82, 2.24) is 0 Å². The van der Waals surface area contributed by atoms with Crippen LogP contribution >= 0.6 is 0 Å². The number of amides is 2. The van der Waals surface area contributed by atoms with Crippen molar-refractivity contribution in [1.29, 1.82) is 0 Å². The maximum absolute atomic E-state index is 14.2. The van der Waals surface area contributed by atoms with Gasteiger partial charge in [-0.3, -0.25) is 14.5 Å². The highest BCUT2D eigenvalue weighted by Crippen LogP contribution is 2.52. The van der Waals surface area contributed by atoms with E-state index < -0.39 is 61.5 Å². The molecule has 0 aromatic heterocycles. The third kappa shape index (κ3) is 4.93. The van der Waals surface area contributed by atoms with Crippen LogP contribution in [-0.2, 0) is 14.2 Å².